The second kappa shape index (κ2) is 10.7. The minimum absolute atomic E-state index is 0.0997. The number of carbonyl (C=O) groups is 1. The van der Waals surface area contributed by atoms with Crippen LogP contribution in [0.2, 0.25) is 0 Å². The summed E-state index contributed by atoms with van der Waals surface area (Å²) in [6.45, 7) is 2.05. The molecule has 0 saturated carbocycles. The molecule has 1 atom stereocenters. The third-order valence-electron chi connectivity index (χ3n) is 5.79. The molecule has 1 aliphatic heterocycles. The fourth-order valence-electron chi connectivity index (χ4n) is 3.96. The maximum absolute atomic E-state index is 13.5. The molecule has 1 saturated heterocycles. The van der Waals surface area contributed by atoms with E-state index in [1.54, 1.807) is 29.2 Å². The van der Waals surface area contributed by atoms with Crippen molar-refractivity contribution in [3.8, 4) is 0 Å². The van der Waals surface area contributed by atoms with Gasteiger partial charge in [0.05, 0.1) is 4.90 Å². The molecule has 0 aromatic heterocycles. The van der Waals surface area contributed by atoms with Crippen molar-refractivity contribution < 1.29 is 17.6 Å². The second-order valence-corrected chi connectivity index (χ2v) is 10.7. The van der Waals surface area contributed by atoms with Gasteiger partial charge in [0, 0.05) is 36.3 Å². The van der Waals surface area contributed by atoms with Crippen LogP contribution in [0.4, 0.5) is 10.1 Å². The lowest BCUT2D eigenvalue weighted by Gasteiger charge is -2.37. The number of piperazine rings is 1. The second-order valence-electron chi connectivity index (χ2n) is 8.11. The van der Waals surface area contributed by atoms with Crippen LogP contribution in [-0.2, 0) is 21.2 Å². The van der Waals surface area contributed by atoms with E-state index >= 15 is 0 Å². The molecule has 3 aromatic rings. The van der Waals surface area contributed by atoms with Crippen molar-refractivity contribution >= 4 is 37.5 Å². The first-order chi connectivity index (χ1) is 16.3. The van der Waals surface area contributed by atoms with Crippen molar-refractivity contribution in [1.82, 2.24) is 9.62 Å². The zero-order chi connectivity index (χ0) is 24.1. The van der Waals surface area contributed by atoms with Crippen molar-refractivity contribution in [2.75, 3.05) is 31.1 Å². The van der Waals surface area contributed by atoms with Gasteiger partial charge < -0.3 is 9.80 Å². The van der Waals surface area contributed by atoms with E-state index in [1.807, 2.05) is 30.3 Å². The summed E-state index contributed by atoms with van der Waals surface area (Å²) in [5.74, 6) is -0.553. The van der Waals surface area contributed by atoms with Crippen LogP contribution >= 0.6 is 15.9 Å². The summed E-state index contributed by atoms with van der Waals surface area (Å²) in [5.41, 5.74) is 1.76. The fraction of sp³-hybridized carbons (Fsp3) is 0.240. The highest BCUT2D eigenvalue weighted by molar-refractivity contribution is 9.10. The molecule has 34 heavy (non-hydrogen) atoms. The summed E-state index contributed by atoms with van der Waals surface area (Å²) < 4.78 is 42.8. The Morgan fingerprint density at radius 3 is 2.15 bits per heavy atom. The number of benzene rings is 3. The molecule has 3 aromatic carbocycles. The maximum Gasteiger partial charge on any atom is 0.241 e. The Morgan fingerprint density at radius 2 is 1.53 bits per heavy atom. The SMILES string of the molecule is O=C([C@H](Cc1ccccc1)NS(=O)(=O)c1ccc(Br)cc1)N1CCN(c2ccc(F)cc2)CC1. The Balaban J connectivity index is 1.50. The van der Waals surface area contributed by atoms with E-state index < -0.39 is 16.1 Å². The normalized spacial score (nSPS) is 15.2. The summed E-state index contributed by atoms with van der Waals surface area (Å²) in [5, 5.41) is 0. The Bertz CT molecular complexity index is 1210. The molecule has 1 fully saturated rings. The lowest BCUT2D eigenvalue weighted by atomic mass is 10.1. The predicted molar refractivity (Wildman–Crippen MR) is 134 cm³/mol. The summed E-state index contributed by atoms with van der Waals surface area (Å²) in [4.78, 5) is 17.4. The zero-order valence-corrected chi connectivity index (χ0v) is 20.8. The number of amides is 1. The molecule has 1 heterocycles. The van der Waals surface area contributed by atoms with Gasteiger partial charge in [-0.15, -0.1) is 0 Å². The van der Waals surface area contributed by atoms with Crippen molar-refractivity contribution in [3.05, 3.63) is 94.7 Å². The van der Waals surface area contributed by atoms with Crippen LogP contribution in [0.1, 0.15) is 5.56 Å². The van der Waals surface area contributed by atoms with E-state index in [0.29, 0.717) is 26.2 Å². The van der Waals surface area contributed by atoms with Crippen LogP contribution < -0.4 is 9.62 Å². The van der Waals surface area contributed by atoms with Gasteiger partial charge in [0.1, 0.15) is 11.9 Å². The van der Waals surface area contributed by atoms with Crippen molar-refractivity contribution in [3.63, 3.8) is 0 Å². The third-order valence-corrected chi connectivity index (χ3v) is 7.80. The van der Waals surface area contributed by atoms with Crippen LogP contribution in [0.15, 0.2) is 88.2 Å². The molecule has 178 valence electrons. The summed E-state index contributed by atoms with van der Waals surface area (Å²) in [7, 11) is -3.90. The van der Waals surface area contributed by atoms with E-state index in [9.17, 15) is 17.6 Å². The quantitative estimate of drug-likeness (QED) is 0.490. The average molecular weight is 546 g/mol. The Morgan fingerprint density at radius 1 is 0.912 bits per heavy atom. The first kappa shape index (κ1) is 24.4. The van der Waals surface area contributed by atoms with Crippen molar-refractivity contribution in [1.29, 1.82) is 0 Å². The van der Waals surface area contributed by atoms with Gasteiger partial charge in [0.2, 0.25) is 15.9 Å². The smallest absolute Gasteiger partial charge is 0.241 e. The largest absolute Gasteiger partial charge is 0.368 e. The van der Waals surface area contributed by atoms with E-state index in [0.717, 1.165) is 15.7 Å². The molecule has 1 aliphatic rings. The number of anilines is 1. The van der Waals surface area contributed by atoms with E-state index in [1.165, 1.54) is 24.3 Å². The molecule has 6 nitrogen and oxygen atoms in total. The fourth-order valence-corrected chi connectivity index (χ4v) is 5.41. The number of nitrogens with zero attached hydrogens (tertiary/aromatic N) is 2. The summed E-state index contributed by atoms with van der Waals surface area (Å²) >= 11 is 3.31. The molecule has 4 rings (SSSR count). The number of hydrogen-bond acceptors (Lipinski definition) is 4. The molecule has 9 heteroatoms. The summed E-state index contributed by atoms with van der Waals surface area (Å²) in [6, 6.07) is 21.0. The number of nitrogens with one attached hydrogen (secondary N) is 1. The summed E-state index contributed by atoms with van der Waals surface area (Å²) in [6.07, 6.45) is 0.244. The van der Waals surface area contributed by atoms with Gasteiger partial charge in [-0.1, -0.05) is 46.3 Å². The first-order valence-corrected chi connectivity index (χ1v) is 13.2. The molecule has 0 radical (unpaired) electrons. The predicted octanol–water partition coefficient (Wildman–Crippen LogP) is 3.83. The van der Waals surface area contributed by atoms with Crippen LogP contribution in [0.5, 0.6) is 0 Å². The minimum atomic E-state index is -3.90. The monoisotopic (exact) mass is 545 g/mol. The molecule has 0 aliphatic carbocycles. The molecule has 1 N–H and O–H groups in total. The van der Waals surface area contributed by atoms with Crippen molar-refractivity contribution in [2.24, 2.45) is 0 Å². The van der Waals surface area contributed by atoms with Gasteiger partial charge in [0.25, 0.3) is 0 Å². The lowest BCUT2D eigenvalue weighted by Crippen LogP contribution is -2.55. The Hall–Kier alpha value is -2.75. The molecule has 0 unspecified atom stereocenters. The first-order valence-electron chi connectivity index (χ1n) is 10.9. The van der Waals surface area contributed by atoms with E-state index in [-0.39, 0.29) is 23.0 Å². The van der Waals surface area contributed by atoms with Crippen LogP contribution in [0.25, 0.3) is 0 Å². The number of halogens is 2. The van der Waals surface area contributed by atoms with Gasteiger partial charge in [-0.05, 0) is 60.5 Å². The number of rotatable bonds is 7. The highest BCUT2D eigenvalue weighted by atomic mass is 79.9. The third kappa shape index (κ3) is 6.02. The topological polar surface area (TPSA) is 69.7 Å². The van der Waals surface area contributed by atoms with Crippen LogP contribution in [0, 0.1) is 5.82 Å². The number of sulfonamides is 1. The highest BCUT2D eigenvalue weighted by Crippen LogP contribution is 2.19. The van der Waals surface area contributed by atoms with Gasteiger partial charge in [0.15, 0.2) is 0 Å². The van der Waals surface area contributed by atoms with Gasteiger partial charge in [-0.25, -0.2) is 12.8 Å². The maximum atomic E-state index is 13.5. The Labute approximate surface area is 207 Å². The molecule has 0 spiro atoms. The van der Waals surface area contributed by atoms with Crippen molar-refractivity contribution in [2.45, 2.75) is 17.4 Å². The molecule has 0 bridgehead atoms. The minimum Gasteiger partial charge on any atom is -0.368 e. The zero-order valence-electron chi connectivity index (χ0n) is 18.4. The van der Waals surface area contributed by atoms with E-state index in [4.69, 9.17) is 0 Å². The van der Waals surface area contributed by atoms with Crippen LogP contribution in [-0.4, -0.2) is 51.4 Å². The Kier molecular flexibility index (Phi) is 7.65. The van der Waals surface area contributed by atoms with Crippen LogP contribution in [0.3, 0.4) is 0 Å². The molecular weight excluding hydrogens is 521 g/mol. The van der Waals surface area contributed by atoms with Gasteiger partial charge in [-0.2, -0.15) is 4.72 Å². The molecule has 1 amide bonds. The van der Waals surface area contributed by atoms with Gasteiger partial charge >= 0.3 is 0 Å². The number of hydrogen-bond donors (Lipinski definition) is 1. The number of carbonyl (C=O) groups excluding carboxylic acids is 1. The highest BCUT2D eigenvalue weighted by Gasteiger charge is 2.31. The van der Waals surface area contributed by atoms with Gasteiger partial charge in [-0.3, -0.25) is 4.79 Å². The molecular formula is C25H25BrFN3O3S. The average Bonchev–Trinajstić information content (AvgIpc) is 2.84. The lowest BCUT2D eigenvalue weighted by molar-refractivity contribution is -0.133. The standard InChI is InChI=1S/C25H25BrFN3O3S/c26-20-6-12-23(13-7-20)34(32,33)28-24(18-19-4-2-1-3-5-19)25(31)30-16-14-29(15-17-30)22-10-8-21(27)9-11-22/h1-13,24,28H,14-18H2/t24-/m0/s1. The van der Waals surface area contributed by atoms with E-state index in [2.05, 4.69) is 25.6 Å².